The number of hydrogen-bond donors (Lipinski definition) is 5. The lowest BCUT2D eigenvalue weighted by molar-refractivity contribution is -0.193. The number of aromatic amines is 1. The number of carboxylic acids is 1. The van der Waals surface area contributed by atoms with Gasteiger partial charge in [-0.05, 0) is 16.3 Å². The number of carboxylic acid groups (broad SMARTS) is 1. The number of nitrogens with one attached hydrogen (secondary N) is 2. The Morgan fingerprint density at radius 3 is 2.65 bits per heavy atom. The van der Waals surface area contributed by atoms with E-state index in [1.54, 1.807) is 18.2 Å². The SMILES string of the molecule is CO[C@@]1(NC(=O)C(O)c2ccccc2)C(=O)N2C(C(=O)O)=C(C(CS(=O)(=O)O)Sc3nn[nH]n3)CS[C@H]21. The molecular weight excluding hydrogens is 552 g/mol. The number of aliphatic carboxylic acids is 1. The van der Waals surface area contributed by atoms with Gasteiger partial charge in [-0.1, -0.05) is 42.1 Å². The molecule has 0 saturated carbocycles. The van der Waals surface area contributed by atoms with Gasteiger partial charge < -0.3 is 20.3 Å². The van der Waals surface area contributed by atoms with Crippen molar-refractivity contribution in [2.24, 2.45) is 0 Å². The zero-order valence-corrected chi connectivity index (χ0v) is 21.3. The number of ether oxygens (including phenoxy) is 1. The van der Waals surface area contributed by atoms with E-state index >= 15 is 0 Å². The quantitative estimate of drug-likeness (QED) is 0.0996. The molecule has 0 bridgehead atoms. The third-order valence-corrected chi connectivity index (χ3v) is 9.00. The number of benzene rings is 1. The summed E-state index contributed by atoms with van der Waals surface area (Å²) in [6.07, 6.45) is -1.63. The van der Waals surface area contributed by atoms with E-state index in [2.05, 4.69) is 25.9 Å². The van der Waals surface area contributed by atoms with Crippen LogP contribution in [0.25, 0.3) is 0 Å². The summed E-state index contributed by atoms with van der Waals surface area (Å²) < 4.78 is 38.2. The molecule has 37 heavy (non-hydrogen) atoms. The van der Waals surface area contributed by atoms with Crippen LogP contribution >= 0.6 is 23.5 Å². The molecule has 3 heterocycles. The monoisotopic (exact) mass is 572 g/mol. The van der Waals surface area contributed by atoms with Crippen molar-refractivity contribution in [1.29, 1.82) is 0 Å². The second kappa shape index (κ2) is 10.4. The second-order valence-corrected chi connectivity index (χ2v) is 11.5. The largest absolute Gasteiger partial charge is 0.477 e. The van der Waals surface area contributed by atoms with Gasteiger partial charge in [-0.15, -0.1) is 22.0 Å². The topological polar surface area (TPSA) is 225 Å². The highest BCUT2D eigenvalue weighted by atomic mass is 32.2. The van der Waals surface area contributed by atoms with E-state index in [0.717, 1.165) is 35.5 Å². The molecule has 4 rings (SSSR count). The normalized spacial score (nSPS) is 23.2. The van der Waals surface area contributed by atoms with Crippen LogP contribution in [0.1, 0.15) is 11.7 Å². The summed E-state index contributed by atoms with van der Waals surface area (Å²) in [5, 5.41) is 33.5. The number of β-lactam (4-membered cyclic amide) rings is 1. The number of amides is 2. The van der Waals surface area contributed by atoms with E-state index in [-0.39, 0.29) is 22.0 Å². The zero-order valence-electron chi connectivity index (χ0n) is 18.8. The van der Waals surface area contributed by atoms with E-state index in [0.29, 0.717) is 0 Å². The van der Waals surface area contributed by atoms with Crippen LogP contribution in [0.4, 0.5) is 0 Å². The van der Waals surface area contributed by atoms with Gasteiger partial charge in [0.1, 0.15) is 11.1 Å². The molecule has 1 aromatic heterocycles. The summed E-state index contributed by atoms with van der Waals surface area (Å²) in [5.41, 5.74) is -2.23. The van der Waals surface area contributed by atoms with Crippen LogP contribution < -0.4 is 5.32 Å². The summed E-state index contributed by atoms with van der Waals surface area (Å²) in [6, 6.07) is 7.96. The van der Waals surface area contributed by atoms with E-state index in [9.17, 15) is 37.6 Å². The molecule has 0 spiro atoms. The first-order chi connectivity index (χ1) is 17.5. The highest BCUT2D eigenvalue weighted by Gasteiger charge is 2.67. The van der Waals surface area contributed by atoms with Gasteiger partial charge in [0.15, 0.2) is 6.10 Å². The number of carbonyl (C=O) groups excluding carboxylic acids is 2. The van der Waals surface area contributed by atoms with Crippen LogP contribution in [0.3, 0.4) is 0 Å². The van der Waals surface area contributed by atoms with Crippen LogP contribution in [0.15, 0.2) is 46.8 Å². The fourth-order valence-corrected chi connectivity index (χ4v) is 7.68. The minimum atomic E-state index is -4.59. The first kappa shape index (κ1) is 27.0. The molecule has 2 unspecified atom stereocenters. The molecule has 2 aliphatic rings. The number of thioether (sulfide) groups is 2. The minimum absolute atomic E-state index is 0.00914. The number of nitrogens with zero attached hydrogens (tertiary/aromatic N) is 4. The number of aliphatic hydroxyl groups excluding tert-OH is 1. The van der Waals surface area contributed by atoms with Gasteiger partial charge in [-0.3, -0.25) is 19.0 Å². The Kier molecular flexibility index (Phi) is 7.58. The molecule has 18 heteroatoms. The summed E-state index contributed by atoms with van der Waals surface area (Å²) >= 11 is 1.74. The number of H-pyrrole nitrogens is 1. The molecule has 1 saturated heterocycles. The molecule has 1 aromatic carbocycles. The van der Waals surface area contributed by atoms with Crippen molar-refractivity contribution in [2.45, 2.75) is 27.6 Å². The van der Waals surface area contributed by atoms with Gasteiger partial charge in [-0.2, -0.15) is 13.6 Å². The minimum Gasteiger partial charge on any atom is -0.477 e. The number of methoxy groups -OCH3 is 1. The molecule has 5 N–H and O–H groups in total. The summed E-state index contributed by atoms with van der Waals surface area (Å²) in [5.74, 6) is -4.41. The third-order valence-electron chi connectivity index (χ3n) is 5.58. The molecular formula is C19H20N6O9S3. The molecule has 1 fully saturated rings. The van der Waals surface area contributed by atoms with Gasteiger partial charge in [0.25, 0.3) is 27.7 Å². The number of carbonyl (C=O) groups is 3. The lowest BCUT2D eigenvalue weighted by Crippen LogP contribution is -2.81. The first-order valence-electron chi connectivity index (χ1n) is 10.4. The lowest BCUT2D eigenvalue weighted by Gasteiger charge is -2.56. The Balaban J connectivity index is 1.65. The van der Waals surface area contributed by atoms with Crippen molar-refractivity contribution in [1.82, 2.24) is 30.8 Å². The van der Waals surface area contributed by atoms with Crippen LogP contribution in [-0.4, -0.2) is 101 Å². The predicted molar refractivity (Wildman–Crippen MR) is 127 cm³/mol. The van der Waals surface area contributed by atoms with E-state index < -0.39 is 61.8 Å². The maximum absolute atomic E-state index is 13.3. The fourth-order valence-electron chi connectivity index (χ4n) is 3.91. The van der Waals surface area contributed by atoms with Crippen LogP contribution in [0.5, 0.6) is 0 Å². The number of hydrogen-bond acceptors (Lipinski definition) is 12. The average molecular weight is 573 g/mol. The Labute approximate surface area is 217 Å². The zero-order chi connectivity index (χ0) is 27.0. The second-order valence-electron chi connectivity index (χ2n) is 7.81. The Hall–Kier alpha value is -3.03. The number of aliphatic hydroxyl groups is 1. The third kappa shape index (κ3) is 5.20. The molecule has 0 aliphatic carbocycles. The average Bonchev–Trinajstić information content (AvgIpc) is 3.37. The molecule has 2 aliphatic heterocycles. The van der Waals surface area contributed by atoms with Crippen molar-refractivity contribution in [3.05, 3.63) is 47.2 Å². The maximum Gasteiger partial charge on any atom is 0.352 e. The van der Waals surface area contributed by atoms with Gasteiger partial charge in [-0.25, -0.2) is 4.79 Å². The molecule has 15 nitrogen and oxygen atoms in total. The maximum atomic E-state index is 13.3. The summed E-state index contributed by atoms with van der Waals surface area (Å²) in [7, 11) is -3.44. The van der Waals surface area contributed by atoms with Gasteiger partial charge in [0.05, 0.1) is 11.0 Å². The molecule has 2 amide bonds. The molecule has 4 atom stereocenters. The highest BCUT2D eigenvalue weighted by Crippen LogP contribution is 2.48. The van der Waals surface area contributed by atoms with E-state index in [1.165, 1.54) is 12.1 Å². The molecule has 198 valence electrons. The first-order valence-corrected chi connectivity index (χ1v) is 13.9. The lowest BCUT2D eigenvalue weighted by atomic mass is 9.96. The van der Waals surface area contributed by atoms with E-state index in [4.69, 9.17) is 4.74 Å². The number of tetrazole rings is 1. The smallest absolute Gasteiger partial charge is 0.352 e. The summed E-state index contributed by atoms with van der Waals surface area (Å²) in [6.45, 7) is 0. The van der Waals surface area contributed by atoms with Crippen molar-refractivity contribution in [2.75, 3.05) is 18.6 Å². The molecule has 0 radical (unpaired) electrons. The van der Waals surface area contributed by atoms with Crippen molar-refractivity contribution >= 4 is 51.4 Å². The Morgan fingerprint density at radius 1 is 1.38 bits per heavy atom. The standard InChI is InChI=1S/C19H20N6O9S3/c1-34-19(20-14(27)13(26)9-5-3-2-4-6-9)16(30)25-12(15(28)29)10(7-35-17(19)25)11(8-37(31,32)33)36-18-21-23-24-22-18/h2-6,11,13,17,26H,7-8H2,1H3,(H,20,27)(H,28,29)(H,31,32,33)(H,21,22,23,24)/t11?,13?,17-,19-/m0/s1. The van der Waals surface area contributed by atoms with Crippen LogP contribution in [0.2, 0.25) is 0 Å². The predicted octanol–water partition coefficient (Wildman–Crippen LogP) is -1.01. The number of rotatable bonds is 10. The Morgan fingerprint density at radius 2 is 2.08 bits per heavy atom. The molecule has 2 aromatic rings. The Bertz CT molecular complexity index is 1340. The number of fused-ring (bicyclic) bond motifs is 1. The number of aromatic nitrogens is 4. The fraction of sp³-hybridized carbons (Fsp3) is 0.368. The highest BCUT2D eigenvalue weighted by molar-refractivity contribution is 8.01. The van der Waals surface area contributed by atoms with Crippen molar-refractivity contribution in [3.63, 3.8) is 0 Å². The summed E-state index contributed by atoms with van der Waals surface area (Å²) in [4.78, 5) is 39.3. The van der Waals surface area contributed by atoms with Crippen molar-refractivity contribution < 1.29 is 42.3 Å². The van der Waals surface area contributed by atoms with Gasteiger partial charge in [0.2, 0.25) is 5.16 Å². The van der Waals surface area contributed by atoms with Gasteiger partial charge in [0, 0.05) is 12.9 Å². The van der Waals surface area contributed by atoms with Gasteiger partial charge >= 0.3 is 5.97 Å². The van der Waals surface area contributed by atoms with E-state index in [1.807, 2.05) is 0 Å². The van der Waals surface area contributed by atoms with Crippen molar-refractivity contribution in [3.8, 4) is 0 Å². The van der Waals surface area contributed by atoms with Crippen LogP contribution in [-0.2, 0) is 29.2 Å². The van der Waals surface area contributed by atoms with Crippen LogP contribution in [0, 0.1) is 0 Å².